The summed E-state index contributed by atoms with van der Waals surface area (Å²) in [7, 11) is 0. The number of aromatic nitrogens is 2. The third kappa shape index (κ3) is 4.77. The third-order valence-electron chi connectivity index (χ3n) is 4.76. The Kier molecular flexibility index (Phi) is 5.94. The molecule has 154 valence electrons. The molecule has 1 saturated heterocycles. The van der Waals surface area contributed by atoms with Gasteiger partial charge in [0.25, 0.3) is 0 Å². The standard InChI is InChI=1S/C21H20ClFN6O/c22-18-12-15(6-7-19(18)23)26-21(30)27-16-13-24-20(25-14-16)29-10-8-28(9-11-29)17-4-2-1-3-5-17/h1-7,12-14H,8-11H2,(H2,26,27,30). The zero-order valence-electron chi connectivity index (χ0n) is 16.1. The fraction of sp³-hybridized carbons (Fsp3) is 0.190. The molecule has 1 aliphatic rings. The summed E-state index contributed by atoms with van der Waals surface area (Å²) >= 11 is 5.72. The molecule has 2 aromatic carbocycles. The van der Waals surface area contributed by atoms with Crippen LogP contribution in [-0.4, -0.2) is 42.2 Å². The molecule has 0 atom stereocenters. The fourth-order valence-electron chi connectivity index (χ4n) is 3.22. The quantitative estimate of drug-likeness (QED) is 0.652. The predicted molar refractivity (Wildman–Crippen MR) is 117 cm³/mol. The van der Waals surface area contributed by atoms with Crippen LogP contribution < -0.4 is 20.4 Å². The van der Waals surface area contributed by atoms with E-state index in [2.05, 4.69) is 42.5 Å². The van der Waals surface area contributed by atoms with Gasteiger partial charge in [0, 0.05) is 37.6 Å². The van der Waals surface area contributed by atoms with Crippen molar-refractivity contribution in [2.24, 2.45) is 0 Å². The van der Waals surface area contributed by atoms with E-state index >= 15 is 0 Å². The number of carbonyl (C=O) groups excluding carboxylic acids is 1. The number of para-hydroxylation sites is 1. The number of halogens is 2. The lowest BCUT2D eigenvalue weighted by atomic mass is 10.2. The molecular formula is C21H20ClFN6O. The molecule has 0 saturated carbocycles. The van der Waals surface area contributed by atoms with Gasteiger partial charge in [-0.15, -0.1) is 0 Å². The SMILES string of the molecule is O=C(Nc1cnc(N2CCN(c3ccccc3)CC2)nc1)Nc1ccc(F)c(Cl)c1. The minimum atomic E-state index is -0.545. The maximum absolute atomic E-state index is 13.2. The number of nitrogens with zero attached hydrogens (tertiary/aromatic N) is 4. The molecule has 1 aromatic heterocycles. The molecule has 2 N–H and O–H groups in total. The molecule has 4 rings (SSSR count). The first kappa shape index (κ1) is 19.9. The van der Waals surface area contributed by atoms with Gasteiger partial charge in [-0.1, -0.05) is 29.8 Å². The van der Waals surface area contributed by atoms with Crippen molar-refractivity contribution in [3.05, 3.63) is 71.8 Å². The van der Waals surface area contributed by atoms with E-state index in [1.54, 1.807) is 12.4 Å². The number of benzene rings is 2. The van der Waals surface area contributed by atoms with E-state index in [1.165, 1.54) is 23.9 Å². The molecule has 7 nitrogen and oxygen atoms in total. The van der Waals surface area contributed by atoms with E-state index in [0.29, 0.717) is 17.3 Å². The molecule has 9 heteroatoms. The average Bonchev–Trinajstić information content (AvgIpc) is 2.77. The van der Waals surface area contributed by atoms with Gasteiger partial charge in [0.1, 0.15) is 5.82 Å². The second-order valence-electron chi connectivity index (χ2n) is 6.79. The van der Waals surface area contributed by atoms with Crippen LogP contribution in [0.2, 0.25) is 5.02 Å². The van der Waals surface area contributed by atoms with E-state index in [-0.39, 0.29) is 5.02 Å². The van der Waals surface area contributed by atoms with Gasteiger partial charge in [0.2, 0.25) is 5.95 Å². The van der Waals surface area contributed by atoms with Crippen molar-refractivity contribution in [1.82, 2.24) is 9.97 Å². The second kappa shape index (κ2) is 8.96. The zero-order chi connectivity index (χ0) is 20.9. The van der Waals surface area contributed by atoms with Gasteiger partial charge in [-0.25, -0.2) is 19.2 Å². The summed E-state index contributed by atoms with van der Waals surface area (Å²) < 4.78 is 13.2. The van der Waals surface area contributed by atoms with E-state index in [4.69, 9.17) is 11.6 Å². The molecule has 2 amide bonds. The molecule has 0 unspecified atom stereocenters. The van der Waals surface area contributed by atoms with Crippen molar-refractivity contribution in [2.75, 3.05) is 46.6 Å². The van der Waals surface area contributed by atoms with Gasteiger partial charge in [0.15, 0.2) is 0 Å². The summed E-state index contributed by atoms with van der Waals surface area (Å²) in [5.74, 6) is 0.0789. The van der Waals surface area contributed by atoms with Crippen molar-refractivity contribution in [2.45, 2.75) is 0 Å². The van der Waals surface area contributed by atoms with Crippen LogP contribution in [0.4, 0.5) is 32.2 Å². The summed E-state index contributed by atoms with van der Waals surface area (Å²) in [4.78, 5) is 25.3. The van der Waals surface area contributed by atoms with Crippen LogP contribution in [-0.2, 0) is 0 Å². The van der Waals surface area contributed by atoms with Crippen molar-refractivity contribution in [1.29, 1.82) is 0 Å². The molecule has 1 fully saturated rings. The molecule has 3 aromatic rings. The Morgan fingerprint density at radius 3 is 2.20 bits per heavy atom. The van der Waals surface area contributed by atoms with Gasteiger partial charge >= 0.3 is 6.03 Å². The Hall–Kier alpha value is -3.39. The van der Waals surface area contributed by atoms with E-state index < -0.39 is 11.8 Å². The van der Waals surface area contributed by atoms with Crippen LogP contribution in [0.5, 0.6) is 0 Å². The van der Waals surface area contributed by atoms with Crippen molar-refractivity contribution in [3.63, 3.8) is 0 Å². The van der Waals surface area contributed by atoms with Gasteiger partial charge in [0.05, 0.1) is 23.1 Å². The van der Waals surface area contributed by atoms with Crippen LogP contribution in [0.25, 0.3) is 0 Å². The molecule has 2 heterocycles. The molecule has 0 spiro atoms. The Morgan fingerprint density at radius 2 is 1.53 bits per heavy atom. The van der Waals surface area contributed by atoms with Gasteiger partial charge in [-0.2, -0.15) is 0 Å². The number of amides is 2. The Balaban J connectivity index is 1.31. The first-order valence-electron chi connectivity index (χ1n) is 9.48. The molecule has 0 bridgehead atoms. The number of carbonyl (C=O) groups is 1. The van der Waals surface area contributed by atoms with E-state index in [1.807, 2.05) is 18.2 Å². The molecule has 0 radical (unpaired) electrons. The highest BCUT2D eigenvalue weighted by molar-refractivity contribution is 6.31. The summed E-state index contributed by atoms with van der Waals surface area (Å²) in [6.45, 7) is 3.40. The monoisotopic (exact) mass is 426 g/mol. The summed E-state index contributed by atoms with van der Waals surface area (Å²) in [6.07, 6.45) is 3.12. The Labute approximate surface area is 178 Å². The summed E-state index contributed by atoms with van der Waals surface area (Å²) in [5.41, 5.74) is 2.05. The number of piperazine rings is 1. The van der Waals surface area contributed by atoms with E-state index in [0.717, 1.165) is 26.2 Å². The van der Waals surface area contributed by atoms with Crippen molar-refractivity contribution >= 4 is 40.6 Å². The molecule has 1 aliphatic heterocycles. The predicted octanol–water partition coefficient (Wildman–Crippen LogP) is 4.24. The van der Waals surface area contributed by atoms with Crippen LogP contribution in [0.1, 0.15) is 0 Å². The number of urea groups is 1. The highest BCUT2D eigenvalue weighted by Crippen LogP contribution is 2.20. The van der Waals surface area contributed by atoms with Crippen molar-refractivity contribution in [3.8, 4) is 0 Å². The largest absolute Gasteiger partial charge is 0.368 e. The zero-order valence-corrected chi connectivity index (χ0v) is 16.8. The van der Waals surface area contributed by atoms with Gasteiger partial charge in [-0.3, -0.25) is 0 Å². The number of rotatable bonds is 4. The molecule has 30 heavy (non-hydrogen) atoms. The first-order valence-corrected chi connectivity index (χ1v) is 9.86. The van der Waals surface area contributed by atoms with Crippen LogP contribution in [0, 0.1) is 5.82 Å². The van der Waals surface area contributed by atoms with Crippen LogP contribution in [0.3, 0.4) is 0 Å². The number of hydrogen-bond donors (Lipinski definition) is 2. The van der Waals surface area contributed by atoms with Crippen LogP contribution >= 0.6 is 11.6 Å². The van der Waals surface area contributed by atoms with Crippen LogP contribution in [0.15, 0.2) is 60.9 Å². The second-order valence-corrected chi connectivity index (χ2v) is 7.20. The summed E-state index contributed by atoms with van der Waals surface area (Å²) in [6, 6.07) is 13.8. The number of hydrogen-bond acceptors (Lipinski definition) is 5. The Bertz CT molecular complexity index is 1010. The lowest BCUT2D eigenvalue weighted by Gasteiger charge is -2.36. The lowest BCUT2D eigenvalue weighted by Crippen LogP contribution is -2.47. The van der Waals surface area contributed by atoms with Crippen molar-refractivity contribution < 1.29 is 9.18 Å². The van der Waals surface area contributed by atoms with Gasteiger partial charge in [-0.05, 0) is 30.3 Å². The third-order valence-corrected chi connectivity index (χ3v) is 5.05. The maximum Gasteiger partial charge on any atom is 0.323 e. The average molecular weight is 427 g/mol. The molecule has 0 aliphatic carbocycles. The minimum Gasteiger partial charge on any atom is -0.368 e. The fourth-order valence-corrected chi connectivity index (χ4v) is 3.40. The number of anilines is 4. The lowest BCUT2D eigenvalue weighted by molar-refractivity contribution is 0.262. The highest BCUT2D eigenvalue weighted by Gasteiger charge is 2.19. The minimum absolute atomic E-state index is 0.0622. The van der Waals surface area contributed by atoms with Gasteiger partial charge < -0.3 is 20.4 Å². The maximum atomic E-state index is 13.2. The van der Waals surface area contributed by atoms with E-state index in [9.17, 15) is 9.18 Å². The topological polar surface area (TPSA) is 73.4 Å². The smallest absolute Gasteiger partial charge is 0.323 e. The number of nitrogens with one attached hydrogen (secondary N) is 2. The molecular weight excluding hydrogens is 407 g/mol. The Morgan fingerprint density at radius 1 is 0.900 bits per heavy atom. The normalized spacial score (nSPS) is 13.8. The first-order chi connectivity index (χ1) is 14.6. The summed E-state index contributed by atoms with van der Waals surface area (Å²) in [5, 5.41) is 5.17. The highest BCUT2D eigenvalue weighted by atomic mass is 35.5.